The van der Waals surface area contributed by atoms with E-state index in [4.69, 9.17) is 4.74 Å². The number of aromatic nitrogens is 2. The molecule has 0 radical (unpaired) electrons. The number of nitrogens with one attached hydrogen (secondary N) is 1. The largest absolute Gasteiger partial charge is 0.454 e. The Morgan fingerprint density at radius 2 is 1.81 bits per heavy atom. The number of fused-ring (bicyclic) bond motifs is 1. The Morgan fingerprint density at radius 1 is 1.06 bits per heavy atom. The van der Waals surface area contributed by atoms with Gasteiger partial charge in [-0.2, -0.15) is 0 Å². The molecule has 0 unspecified atom stereocenters. The summed E-state index contributed by atoms with van der Waals surface area (Å²) in [4.78, 5) is 25.6. The first-order valence-corrected chi connectivity index (χ1v) is 13.0. The molecule has 0 amide bonds. The number of aryl methyl sites for hydroxylation is 1. The molecule has 0 saturated carbocycles. The third kappa shape index (κ3) is 4.41. The van der Waals surface area contributed by atoms with Crippen molar-refractivity contribution in [3.63, 3.8) is 0 Å². The number of H-pyrrole nitrogens is 1. The van der Waals surface area contributed by atoms with E-state index in [-0.39, 0.29) is 11.3 Å². The third-order valence-electron chi connectivity index (χ3n) is 4.99. The fourth-order valence-corrected chi connectivity index (χ4v) is 4.01. The molecule has 4 aromatic rings. The lowest BCUT2D eigenvalue weighted by Crippen LogP contribution is -2.21. The number of rotatable bonds is 5. The number of aromatic amines is 1. The Kier molecular flexibility index (Phi) is 5.58. The van der Waals surface area contributed by atoms with E-state index >= 15 is 0 Å². The number of hydrogen-bond donors (Lipinski definition) is 2. The normalized spacial score (nSPS) is 12.1. The van der Waals surface area contributed by atoms with Crippen molar-refractivity contribution in [2.75, 3.05) is 0 Å². The zero-order valence-electron chi connectivity index (χ0n) is 17.8. The van der Waals surface area contributed by atoms with Crippen LogP contribution in [0.4, 0.5) is 8.78 Å². The zero-order valence-corrected chi connectivity index (χ0v) is 18.8. The van der Waals surface area contributed by atoms with Gasteiger partial charge < -0.3 is 19.1 Å². The van der Waals surface area contributed by atoms with Gasteiger partial charge in [0, 0.05) is 42.0 Å². The van der Waals surface area contributed by atoms with Crippen LogP contribution in [-0.4, -0.2) is 22.7 Å². The van der Waals surface area contributed by atoms with Gasteiger partial charge in [-0.25, -0.2) is 8.78 Å². The molecule has 164 valence electrons. The molecule has 0 aliphatic carbocycles. The molecule has 0 spiro atoms. The average Bonchev–Trinajstić information content (AvgIpc) is 3.21. The molecule has 5 nitrogen and oxygen atoms in total. The van der Waals surface area contributed by atoms with E-state index in [2.05, 4.69) is 4.98 Å². The molecular formula is C24H22F2N2O3Si. The third-order valence-corrected chi connectivity index (χ3v) is 5.97. The minimum Gasteiger partial charge on any atom is -0.454 e. The number of benzene rings is 2. The Labute approximate surface area is 184 Å². The van der Waals surface area contributed by atoms with Crippen molar-refractivity contribution < 1.29 is 18.3 Å². The smallest absolute Gasteiger partial charge is 0.274 e. The van der Waals surface area contributed by atoms with Gasteiger partial charge in [0.1, 0.15) is 17.1 Å². The zero-order chi connectivity index (χ0) is 23.0. The second-order valence-electron chi connectivity index (χ2n) is 8.14. The van der Waals surface area contributed by atoms with Gasteiger partial charge in [0.2, 0.25) is 8.32 Å². The van der Waals surface area contributed by atoms with Gasteiger partial charge in [0.25, 0.3) is 5.56 Å². The average molecular weight is 453 g/mol. The van der Waals surface area contributed by atoms with Crippen LogP contribution in [0.2, 0.25) is 13.1 Å². The predicted octanol–water partition coefficient (Wildman–Crippen LogP) is 5.35. The number of halogens is 2. The molecule has 2 aromatic heterocycles. The summed E-state index contributed by atoms with van der Waals surface area (Å²) in [5.74, 6) is -1.29. The van der Waals surface area contributed by atoms with Crippen molar-refractivity contribution in [1.82, 2.24) is 9.55 Å². The summed E-state index contributed by atoms with van der Waals surface area (Å²) >= 11 is 0. The van der Waals surface area contributed by atoms with Crippen LogP contribution >= 0.6 is 0 Å². The van der Waals surface area contributed by atoms with E-state index < -0.39 is 20.0 Å². The monoisotopic (exact) mass is 452 g/mol. The quantitative estimate of drug-likeness (QED) is 0.401. The summed E-state index contributed by atoms with van der Waals surface area (Å²) in [7, 11) is -0.772. The minimum atomic E-state index is -2.42. The molecule has 0 saturated heterocycles. The Morgan fingerprint density at radius 3 is 2.53 bits per heavy atom. The summed E-state index contributed by atoms with van der Waals surface area (Å²) in [6.45, 7) is 3.60. The molecule has 2 heterocycles. The highest BCUT2D eigenvalue weighted by Gasteiger charge is 2.17. The molecule has 4 rings (SSSR count). The summed E-state index contributed by atoms with van der Waals surface area (Å²) in [5.41, 5.74) is 4.18. The van der Waals surface area contributed by atoms with Gasteiger partial charge in [0.05, 0.1) is 0 Å². The second-order valence-corrected chi connectivity index (χ2v) is 11.8. The summed E-state index contributed by atoms with van der Waals surface area (Å²) in [6, 6.07) is 10.2. The molecule has 0 aliphatic rings. The lowest BCUT2D eigenvalue weighted by molar-refractivity contribution is 0.439. The van der Waals surface area contributed by atoms with Crippen molar-refractivity contribution in [3.8, 4) is 22.6 Å². The fourth-order valence-electron chi connectivity index (χ4n) is 3.41. The van der Waals surface area contributed by atoms with E-state index in [1.807, 2.05) is 12.1 Å². The fraction of sp³-hybridized carbons (Fsp3) is 0.125. The topological polar surface area (TPSA) is 67.2 Å². The molecule has 8 heteroatoms. The van der Waals surface area contributed by atoms with E-state index in [0.717, 1.165) is 17.7 Å². The summed E-state index contributed by atoms with van der Waals surface area (Å²) in [5, 5.41) is 0.690. The van der Waals surface area contributed by atoms with E-state index in [0.29, 0.717) is 27.8 Å². The molecule has 0 aliphatic heterocycles. The van der Waals surface area contributed by atoms with Crippen LogP contribution in [0.3, 0.4) is 0 Å². The van der Waals surface area contributed by atoms with Crippen molar-refractivity contribution in [2.45, 2.75) is 13.1 Å². The number of pyridine rings is 1. The molecule has 2 N–H and O–H groups in total. The molecule has 2 aromatic carbocycles. The molecule has 0 atom stereocenters. The maximum Gasteiger partial charge on any atom is 0.274 e. The standard InChI is InChI=1S/C24H22F2N2O3Si/c1-28-14-19(17-8-10-27-23(17)24(28)29)18-12-15(9-11-32(2,3)30)4-6-21(18)31-22-7-5-16(25)13-20(22)26/h4-14,27,30H,1-3H3/b11-9+. The molecule has 32 heavy (non-hydrogen) atoms. The Balaban J connectivity index is 1.92. The second kappa shape index (κ2) is 8.21. The van der Waals surface area contributed by atoms with Crippen LogP contribution in [0.15, 0.2) is 65.4 Å². The highest BCUT2D eigenvalue weighted by atomic mass is 28.4. The molecule has 0 fully saturated rings. The van der Waals surface area contributed by atoms with E-state index in [1.165, 1.54) is 10.6 Å². The number of nitrogens with zero attached hydrogens (tertiary/aromatic N) is 1. The van der Waals surface area contributed by atoms with Gasteiger partial charge in [-0.15, -0.1) is 0 Å². The highest BCUT2D eigenvalue weighted by molar-refractivity contribution is 6.75. The van der Waals surface area contributed by atoms with Gasteiger partial charge >= 0.3 is 0 Å². The van der Waals surface area contributed by atoms with Gasteiger partial charge in [0.15, 0.2) is 11.6 Å². The Bertz CT molecular complexity index is 1400. The van der Waals surface area contributed by atoms with Gasteiger partial charge in [-0.1, -0.05) is 17.8 Å². The molecular weight excluding hydrogens is 430 g/mol. The van der Waals surface area contributed by atoms with Crippen molar-refractivity contribution in [1.29, 1.82) is 0 Å². The number of hydrogen-bond acceptors (Lipinski definition) is 3. The Hall–Kier alpha value is -3.49. The first kappa shape index (κ1) is 21.7. The first-order valence-electron chi connectivity index (χ1n) is 9.98. The van der Waals surface area contributed by atoms with Gasteiger partial charge in [-0.3, -0.25) is 4.79 Å². The lowest BCUT2D eigenvalue weighted by Gasteiger charge is -2.15. The molecule has 0 bridgehead atoms. The minimum absolute atomic E-state index is 0.116. The van der Waals surface area contributed by atoms with Crippen LogP contribution < -0.4 is 10.3 Å². The maximum atomic E-state index is 14.3. The predicted molar refractivity (Wildman–Crippen MR) is 124 cm³/mol. The van der Waals surface area contributed by atoms with Crippen LogP contribution in [0.25, 0.3) is 28.1 Å². The van der Waals surface area contributed by atoms with Crippen molar-refractivity contribution >= 4 is 25.3 Å². The van der Waals surface area contributed by atoms with Crippen molar-refractivity contribution in [3.05, 3.63) is 88.1 Å². The van der Waals surface area contributed by atoms with Crippen molar-refractivity contribution in [2.24, 2.45) is 7.05 Å². The highest BCUT2D eigenvalue weighted by Crippen LogP contribution is 2.38. The van der Waals surface area contributed by atoms with Crippen LogP contribution in [0.1, 0.15) is 5.56 Å². The first-order chi connectivity index (χ1) is 15.1. The van der Waals surface area contributed by atoms with E-state index in [9.17, 15) is 18.4 Å². The number of ether oxygens (including phenoxy) is 1. The SMILES string of the molecule is Cn1cc(-c2cc(/C=C/[Si](C)(C)O)ccc2Oc2ccc(F)cc2F)c2cc[nH]c2c1=O. The van der Waals surface area contributed by atoms with Gasteiger partial charge in [-0.05, 0) is 49.0 Å². The van der Waals surface area contributed by atoms with Crippen LogP contribution in [0, 0.1) is 11.6 Å². The van der Waals surface area contributed by atoms with Crippen LogP contribution in [-0.2, 0) is 7.05 Å². The summed E-state index contributed by atoms with van der Waals surface area (Å²) in [6.07, 6.45) is 5.20. The summed E-state index contributed by atoms with van der Waals surface area (Å²) < 4.78 is 34.9. The van der Waals surface area contributed by atoms with Crippen LogP contribution in [0.5, 0.6) is 11.5 Å². The maximum absolute atomic E-state index is 14.3. The lowest BCUT2D eigenvalue weighted by atomic mass is 10.00. The van der Waals surface area contributed by atoms with E-state index in [1.54, 1.807) is 56.4 Å².